The summed E-state index contributed by atoms with van der Waals surface area (Å²) >= 11 is 1.81. The Kier molecular flexibility index (Phi) is 6.36. The molecule has 0 bridgehead atoms. The molecule has 1 amide bonds. The molecule has 1 aromatic rings. The van der Waals surface area contributed by atoms with Gasteiger partial charge < -0.3 is 11.1 Å². The molecule has 0 radical (unpaired) electrons. The van der Waals surface area contributed by atoms with Crippen molar-refractivity contribution in [1.29, 1.82) is 0 Å². The fourth-order valence-corrected chi connectivity index (χ4v) is 1.76. The molecule has 0 spiro atoms. The molecule has 1 unspecified atom stereocenters. The van der Waals surface area contributed by atoms with Crippen LogP contribution in [0.2, 0.25) is 0 Å². The van der Waals surface area contributed by atoms with Gasteiger partial charge in [0.25, 0.3) is 0 Å². The zero-order valence-corrected chi connectivity index (χ0v) is 11.7. The van der Waals surface area contributed by atoms with Crippen molar-refractivity contribution in [3.63, 3.8) is 0 Å². The molecule has 1 aromatic carbocycles. The largest absolute Gasteiger partial charge is 0.399 e. The lowest BCUT2D eigenvalue weighted by Crippen LogP contribution is -2.23. The predicted molar refractivity (Wildman–Crippen MR) is 80.5 cm³/mol. The van der Waals surface area contributed by atoms with Crippen molar-refractivity contribution < 1.29 is 4.79 Å². The first-order valence-corrected chi connectivity index (χ1v) is 7.25. The molecule has 0 saturated carbocycles. The molecule has 98 valence electrons. The van der Waals surface area contributed by atoms with E-state index in [1.807, 2.05) is 24.3 Å². The Morgan fingerprint density at radius 3 is 3.00 bits per heavy atom. The van der Waals surface area contributed by atoms with Crippen molar-refractivity contribution in [1.82, 2.24) is 5.32 Å². The molecule has 1 rings (SSSR count). The van der Waals surface area contributed by atoms with Gasteiger partial charge in [-0.2, -0.15) is 11.8 Å². The van der Waals surface area contributed by atoms with E-state index in [1.165, 1.54) is 0 Å². The van der Waals surface area contributed by atoms with Gasteiger partial charge in [0.2, 0.25) is 5.91 Å². The van der Waals surface area contributed by atoms with Gasteiger partial charge in [-0.15, -0.1) is 0 Å². The minimum atomic E-state index is -0.0641. The molecule has 3 nitrogen and oxygen atoms in total. The van der Waals surface area contributed by atoms with E-state index in [2.05, 4.69) is 18.5 Å². The number of anilines is 1. The summed E-state index contributed by atoms with van der Waals surface area (Å²) in [6, 6.07) is 7.43. The molecule has 0 heterocycles. The van der Waals surface area contributed by atoms with E-state index < -0.39 is 0 Å². The van der Waals surface area contributed by atoms with Crippen LogP contribution in [0.15, 0.2) is 30.3 Å². The average Bonchev–Trinajstić information content (AvgIpc) is 2.36. The van der Waals surface area contributed by atoms with Gasteiger partial charge >= 0.3 is 0 Å². The number of carbonyl (C=O) groups excluding carboxylic acids is 1. The molecule has 0 aliphatic heterocycles. The third kappa shape index (κ3) is 5.77. The Bertz CT molecular complexity index is 418. The lowest BCUT2D eigenvalue weighted by Gasteiger charge is -2.07. The van der Waals surface area contributed by atoms with Crippen LogP contribution in [0.25, 0.3) is 6.08 Å². The van der Waals surface area contributed by atoms with Crippen LogP contribution in [-0.4, -0.2) is 24.0 Å². The second-order valence-corrected chi connectivity index (χ2v) is 5.41. The number of rotatable bonds is 6. The minimum Gasteiger partial charge on any atom is -0.399 e. The van der Waals surface area contributed by atoms with E-state index in [0.29, 0.717) is 17.5 Å². The van der Waals surface area contributed by atoms with Gasteiger partial charge in [-0.3, -0.25) is 4.79 Å². The van der Waals surface area contributed by atoms with E-state index in [0.717, 1.165) is 12.0 Å². The Morgan fingerprint density at radius 1 is 1.56 bits per heavy atom. The number of benzene rings is 1. The third-order valence-corrected chi connectivity index (χ3v) is 3.63. The number of hydrogen-bond acceptors (Lipinski definition) is 3. The third-order valence-electron chi connectivity index (χ3n) is 2.59. The highest BCUT2D eigenvalue weighted by molar-refractivity contribution is 7.99. The highest BCUT2D eigenvalue weighted by Crippen LogP contribution is 2.09. The number of nitrogen functional groups attached to an aromatic ring is 1. The Morgan fingerprint density at radius 2 is 2.33 bits per heavy atom. The summed E-state index contributed by atoms with van der Waals surface area (Å²) in [5.41, 5.74) is 7.29. The first-order chi connectivity index (χ1) is 8.61. The number of hydrogen-bond donors (Lipinski definition) is 2. The van der Waals surface area contributed by atoms with Gasteiger partial charge in [0.15, 0.2) is 0 Å². The topological polar surface area (TPSA) is 55.1 Å². The zero-order valence-electron chi connectivity index (χ0n) is 10.8. The second kappa shape index (κ2) is 7.82. The first-order valence-electron chi connectivity index (χ1n) is 5.96. The summed E-state index contributed by atoms with van der Waals surface area (Å²) in [6.07, 6.45) is 6.37. The first kappa shape index (κ1) is 14.6. The number of nitrogens with one attached hydrogen (secondary N) is 1. The van der Waals surface area contributed by atoms with Crippen LogP contribution < -0.4 is 11.1 Å². The molecule has 18 heavy (non-hydrogen) atoms. The van der Waals surface area contributed by atoms with Crippen LogP contribution in [0.1, 0.15) is 18.9 Å². The lowest BCUT2D eigenvalue weighted by atomic mass is 10.2. The Labute approximate surface area is 113 Å². The SMILES string of the molecule is CSC(C)CCNC(=O)/C=C/c1cccc(N)c1. The van der Waals surface area contributed by atoms with Crippen LogP contribution in [0.3, 0.4) is 0 Å². The summed E-state index contributed by atoms with van der Waals surface area (Å²) in [7, 11) is 0. The molecule has 0 saturated heterocycles. The highest BCUT2D eigenvalue weighted by atomic mass is 32.2. The van der Waals surface area contributed by atoms with Crippen molar-refractivity contribution >= 4 is 29.4 Å². The standard InChI is InChI=1S/C14H20N2OS/c1-11(18-2)8-9-16-14(17)7-6-12-4-3-5-13(15)10-12/h3-7,10-11H,8-9,15H2,1-2H3,(H,16,17)/b7-6+. The van der Waals surface area contributed by atoms with Gasteiger partial charge in [0.1, 0.15) is 0 Å². The average molecular weight is 264 g/mol. The maximum Gasteiger partial charge on any atom is 0.243 e. The van der Waals surface area contributed by atoms with Crippen LogP contribution in [-0.2, 0) is 4.79 Å². The smallest absolute Gasteiger partial charge is 0.243 e. The number of nitrogens with two attached hydrogens (primary N) is 1. The van der Waals surface area contributed by atoms with Gasteiger partial charge in [-0.05, 0) is 36.4 Å². The minimum absolute atomic E-state index is 0.0641. The number of carbonyl (C=O) groups is 1. The molecule has 0 aliphatic carbocycles. The molecule has 1 atom stereocenters. The van der Waals surface area contributed by atoms with E-state index in [1.54, 1.807) is 23.9 Å². The normalized spacial score (nSPS) is 12.6. The van der Waals surface area contributed by atoms with Gasteiger partial charge in [-0.25, -0.2) is 0 Å². The van der Waals surface area contributed by atoms with E-state index >= 15 is 0 Å². The maximum absolute atomic E-state index is 11.5. The molecule has 0 fully saturated rings. The van der Waals surface area contributed by atoms with Crippen LogP contribution in [0.4, 0.5) is 5.69 Å². The van der Waals surface area contributed by atoms with Gasteiger partial charge in [0.05, 0.1) is 0 Å². The maximum atomic E-state index is 11.5. The van der Waals surface area contributed by atoms with Crippen molar-refractivity contribution in [2.24, 2.45) is 0 Å². The Balaban J connectivity index is 2.36. The van der Waals surface area contributed by atoms with Crippen molar-refractivity contribution in [3.8, 4) is 0 Å². The zero-order chi connectivity index (χ0) is 13.4. The fraction of sp³-hybridized carbons (Fsp3) is 0.357. The molecule has 0 aliphatic rings. The fourth-order valence-electron chi connectivity index (χ4n) is 1.41. The summed E-state index contributed by atoms with van der Waals surface area (Å²) in [4.78, 5) is 11.5. The number of thioether (sulfide) groups is 1. The molecular formula is C14H20N2OS. The van der Waals surface area contributed by atoms with Crippen molar-refractivity contribution in [2.45, 2.75) is 18.6 Å². The Hall–Kier alpha value is -1.42. The second-order valence-electron chi connectivity index (χ2n) is 4.13. The summed E-state index contributed by atoms with van der Waals surface area (Å²) in [5, 5.41) is 3.43. The molecule has 4 heteroatoms. The van der Waals surface area contributed by atoms with E-state index in [4.69, 9.17) is 5.73 Å². The lowest BCUT2D eigenvalue weighted by molar-refractivity contribution is -0.116. The highest BCUT2D eigenvalue weighted by Gasteiger charge is 2.00. The van der Waals surface area contributed by atoms with Crippen molar-refractivity contribution in [3.05, 3.63) is 35.9 Å². The quantitative estimate of drug-likeness (QED) is 0.613. The van der Waals surface area contributed by atoms with Gasteiger partial charge in [0, 0.05) is 23.6 Å². The number of amides is 1. The molecule has 0 aromatic heterocycles. The van der Waals surface area contributed by atoms with Crippen molar-refractivity contribution in [2.75, 3.05) is 18.5 Å². The summed E-state index contributed by atoms with van der Waals surface area (Å²) in [6.45, 7) is 2.86. The molecule has 3 N–H and O–H groups in total. The van der Waals surface area contributed by atoms with Gasteiger partial charge in [-0.1, -0.05) is 19.1 Å². The van der Waals surface area contributed by atoms with Crippen LogP contribution in [0.5, 0.6) is 0 Å². The monoisotopic (exact) mass is 264 g/mol. The van der Waals surface area contributed by atoms with Crippen LogP contribution >= 0.6 is 11.8 Å². The van der Waals surface area contributed by atoms with E-state index in [9.17, 15) is 4.79 Å². The summed E-state index contributed by atoms with van der Waals surface area (Å²) < 4.78 is 0. The summed E-state index contributed by atoms with van der Waals surface area (Å²) in [5.74, 6) is -0.0641. The van der Waals surface area contributed by atoms with Crippen LogP contribution in [0, 0.1) is 0 Å². The predicted octanol–water partition coefficient (Wildman–Crippen LogP) is 2.54. The van der Waals surface area contributed by atoms with E-state index in [-0.39, 0.29) is 5.91 Å². The molecular weight excluding hydrogens is 244 g/mol.